The highest BCUT2D eigenvalue weighted by Gasteiger charge is 2.26. The molecule has 342 valence electrons. The fourth-order valence-electron chi connectivity index (χ4n) is 8.34. The van der Waals surface area contributed by atoms with Crippen molar-refractivity contribution in [2.45, 2.75) is 25.9 Å². The van der Waals surface area contributed by atoms with Crippen LogP contribution in [-0.4, -0.2) is 67.9 Å². The van der Waals surface area contributed by atoms with Crippen LogP contribution in [0.25, 0.3) is 44.2 Å². The molecular weight excluding hydrogens is 879 g/mol. The van der Waals surface area contributed by atoms with E-state index in [2.05, 4.69) is 36.0 Å². The van der Waals surface area contributed by atoms with Gasteiger partial charge in [-0.05, 0) is 73.2 Å². The Labute approximate surface area is 390 Å². The summed E-state index contributed by atoms with van der Waals surface area (Å²) >= 11 is 0. The Balaban J connectivity index is 0.000000172. The zero-order chi connectivity index (χ0) is 48.3. The summed E-state index contributed by atoms with van der Waals surface area (Å²) in [5.74, 6) is -0.817. The van der Waals surface area contributed by atoms with Gasteiger partial charge in [-0.25, -0.2) is 19.0 Å². The Bertz CT molecular complexity index is 3770. The molecule has 0 aliphatic rings. The van der Waals surface area contributed by atoms with Crippen molar-refractivity contribution >= 4 is 68.8 Å². The third-order valence-electron chi connectivity index (χ3n) is 11.4. The Kier molecular flexibility index (Phi) is 12.0. The zero-order valence-electron chi connectivity index (χ0n) is 36.8. The molecule has 0 saturated heterocycles. The minimum atomic E-state index is -0.595. The number of benzene rings is 4. The highest BCUT2D eigenvalue weighted by molar-refractivity contribution is 6.05. The highest BCUT2D eigenvalue weighted by atomic mass is 16.4. The van der Waals surface area contributed by atoms with Crippen LogP contribution in [0.15, 0.2) is 161 Å². The van der Waals surface area contributed by atoms with Crippen LogP contribution in [0.5, 0.6) is 0 Å². The van der Waals surface area contributed by atoms with Crippen molar-refractivity contribution in [2.75, 3.05) is 11.5 Å². The van der Waals surface area contributed by atoms with E-state index in [0.717, 1.165) is 0 Å². The second-order valence-electron chi connectivity index (χ2n) is 15.8. The van der Waals surface area contributed by atoms with E-state index in [1.54, 1.807) is 122 Å². The van der Waals surface area contributed by atoms with Crippen molar-refractivity contribution in [2.24, 2.45) is 5.16 Å². The first-order valence-electron chi connectivity index (χ1n) is 21.4. The number of carbonyl (C=O) groups excluding carboxylic acids is 3. The first kappa shape index (κ1) is 44.4. The number of nitrogen functional groups attached to an aromatic ring is 2. The number of fused-ring (bicyclic) bond motifs is 4. The van der Waals surface area contributed by atoms with Gasteiger partial charge < -0.3 is 27.3 Å². The van der Waals surface area contributed by atoms with Gasteiger partial charge in [-0.15, -0.1) is 10.2 Å². The Morgan fingerprint density at radius 3 is 1.49 bits per heavy atom. The summed E-state index contributed by atoms with van der Waals surface area (Å²) in [6, 6.07) is 34.4. The minimum Gasteiger partial charge on any atom is -0.411 e. The quantitative estimate of drug-likeness (QED) is 0.0469. The van der Waals surface area contributed by atoms with Crippen LogP contribution < -0.4 is 33.2 Å². The van der Waals surface area contributed by atoms with E-state index in [1.807, 2.05) is 42.5 Å². The number of nitrogens with two attached hydrogens (primary N) is 2. The van der Waals surface area contributed by atoms with Gasteiger partial charge in [0.25, 0.3) is 22.9 Å². The molecule has 0 spiro atoms. The zero-order valence-corrected chi connectivity index (χ0v) is 36.8. The third-order valence-corrected chi connectivity index (χ3v) is 11.4. The summed E-state index contributed by atoms with van der Waals surface area (Å²) in [6.07, 6.45) is 8.32. The molecule has 69 heavy (non-hydrogen) atoms. The summed E-state index contributed by atoms with van der Waals surface area (Å²) in [7, 11) is 0. The van der Waals surface area contributed by atoms with Gasteiger partial charge in [0.05, 0.1) is 29.1 Å². The van der Waals surface area contributed by atoms with Gasteiger partial charge in [0.1, 0.15) is 11.1 Å². The molecule has 10 rings (SSSR count). The van der Waals surface area contributed by atoms with Gasteiger partial charge in [0.2, 0.25) is 0 Å². The Morgan fingerprint density at radius 1 is 0.623 bits per heavy atom. The number of hydrogen-bond acceptors (Lipinski definition) is 13. The molecule has 10 aromatic rings. The molecule has 19 heteroatoms. The van der Waals surface area contributed by atoms with E-state index in [4.69, 9.17) is 16.7 Å². The molecule has 2 atom stereocenters. The van der Waals surface area contributed by atoms with Crippen molar-refractivity contribution in [3.63, 3.8) is 0 Å². The number of nitrogens with one attached hydrogen (secondary N) is 2. The van der Waals surface area contributed by atoms with Crippen LogP contribution >= 0.6 is 0 Å². The number of pyridine rings is 2. The molecule has 0 unspecified atom stereocenters. The summed E-state index contributed by atoms with van der Waals surface area (Å²) in [4.78, 5) is 73.9. The first-order valence-corrected chi connectivity index (χ1v) is 21.4. The molecule has 0 saturated carbocycles. The van der Waals surface area contributed by atoms with Crippen molar-refractivity contribution in [3.8, 4) is 11.4 Å². The lowest BCUT2D eigenvalue weighted by molar-refractivity contribution is 0.0932. The molecular formula is C50H41N13O6. The van der Waals surface area contributed by atoms with Crippen LogP contribution in [0.1, 0.15) is 74.0 Å². The summed E-state index contributed by atoms with van der Waals surface area (Å²) in [6.45, 7) is 3.56. The van der Waals surface area contributed by atoms with E-state index >= 15 is 0 Å². The number of aromatic nitrogens is 8. The summed E-state index contributed by atoms with van der Waals surface area (Å²) in [5, 5.41) is 28.3. The summed E-state index contributed by atoms with van der Waals surface area (Å²) in [5.41, 5.74) is 15.5. The van der Waals surface area contributed by atoms with E-state index < -0.39 is 23.9 Å². The van der Waals surface area contributed by atoms with Gasteiger partial charge in [-0.1, -0.05) is 78.0 Å². The van der Waals surface area contributed by atoms with E-state index in [-0.39, 0.29) is 33.9 Å². The van der Waals surface area contributed by atoms with Gasteiger partial charge >= 0.3 is 0 Å². The largest absolute Gasteiger partial charge is 0.411 e. The highest BCUT2D eigenvalue weighted by Crippen LogP contribution is 2.26. The molecule has 6 aromatic heterocycles. The Morgan fingerprint density at radius 2 is 1.06 bits per heavy atom. The molecule has 0 aliphatic heterocycles. The molecule has 0 radical (unpaired) electrons. The average molecular weight is 920 g/mol. The van der Waals surface area contributed by atoms with Gasteiger partial charge in [-0.3, -0.25) is 33.1 Å². The normalized spacial score (nSPS) is 12.2. The van der Waals surface area contributed by atoms with Gasteiger partial charge in [-0.2, -0.15) is 0 Å². The second kappa shape index (κ2) is 18.6. The minimum absolute atomic E-state index is 0.0537. The van der Waals surface area contributed by atoms with Crippen molar-refractivity contribution in [1.82, 2.24) is 49.0 Å². The maximum atomic E-state index is 13.8. The number of para-hydroxylation sites is 2. The second-order valence-corrected chi connectivity index (χ2v) is 15.8. The molecule has 0 fully saturated rings. The summed E-state index contributed by atoms with van der Waals surface area (Å²) < 4.78 is 5.93. The topological polar surface area (TPSA) is 264 Å². The SMILES string of the molecule is C[C@H](NC(=O)c1c(N)nn2cccnc12)c1cc2cccc(/C=N\O)c2c(=O)n1-c1ccccc1.C[C@H](NC(=O)c1c(N)nn2cccnc12)c1cc2cccc(C=O)c2c(=O)n1-c1ccccc1. The molecule has 7 N–H and O–H groups in total. The third kappa shape index (κ3) is 8.26. The van der Waals surface area contributed by atoms with Crippen LogP contribution in [0, 0.1) is 0 Å². The first-order chi connectivity index (χ1) is 33.5. The molecule has 2 amide bonds. The van der Waals surface area contributed by atoms with Crippen LogP contribution in [0.4, 0.5) is 11.6 Å². The number of hydrogen-bond donors (Lipinski definition) is 5. The van der Waals surface area contributed by atoms with Crippen molar-refractivity contribution < 1.29 is 19.6 Å². The number of carbonyl (C=O) groups is 3. The Hall–Kier alpha value is -9.78. The lowest BCUT2D eigenvalue weighted by atomic mass is 10.0. The number of nitrogens with zero attached hydrogens (tertiary/aromatic N) is 9. The molecule has 0 aliphatic carbocycles. The molecule has 4 aromatic carbocycles. The lowest BCUT2D eigenvalue weighted by Crippen LogP contribution is -2.32. The monoisotopic (exact) mass is 919 g/mol. The fraction of sp³-hybridized carbons (Fsp3) is 0.0800. The standard InChI is InChI=1S/C25H21N7O3.C25H20N6O3/c1-15(29-24(33)21-22(26)30-31-12-6-11-27-23(21)31)19-13-16-7-5-8-17(14-28-35)20(16)25(34)32(19)18-9-3-2-4-10-18;1-15(28-24(33)21-22(26)29-30-12-6-11-27-23(21)30)19-13-16-7-5-8-17(14-32)20(16)25(34)31(19)18-9-3-2-4-10-18/h2-15,35H,1H3,(H2,26,30)(H,29,33);2-15H,1H3,(H2,26,29)(H,28,33)/b28-14-;/t2*15-/m00/s1. The van der Waals surface area contributed by atoms with Gasteiger partial charge in [0, 0.05) is 58.7 Å². The lowest BCUT2D eigenvalue weighted by Gasteiger charge is -2.21. The van der Waals surface area contributed by atoms with E-state index in [9.17, 15) is 24.0 Å². The maximum Gasteiger partial charge on any atom is 0.263 e. The van der Waals surface area contributed by atoms with Crippen molar-refractivity contribution in [1.29, 1.82) is 0 Å². The van der Waals surface area contributed by atoms with Crippen LogP contribution in [0.3, 0.4) is 0 Å². The number of rotatable bonds is 10. The molecule has 19 nitrogen and oxygen atoms in total. The van der Waals surface area contributed by atoms with Gasteiger partial charge in [0.15, 0.2) is 29.2 Å². The number of amides is 2. The maximum absolute atomic E-state index is 13.8. The number of oxime groups is 1. The number of aldehydes is 1. The molecule has 0 bridgehead atoms. The molecule has 6 heterocycles. The smallest absolute Gasteiger partial charge is 0.263 e. The average Bonchev–Trinajstić information content (AvgIpc) is 3.89. The predicted molar refractivity (Wildman–Crippen MR) is 260 cm³/mol. The van der Waals surface area contributed by atoms with E-state index in [1.165, 1.54) is 19.8 Å². The van der Waals surface area contributed by atoms with Crippen LogP contribution in [0.2, 0.25) is 0 Å². The fourth-order valence-corrected chi connectivity index (χ4v) is 8.34. The predicted octanol–water partition coefficient (Wildman–Crippen LogP) is 5.83. The van der Waals surface area contributed by atoms with Crippen molar-refractivity contribution in [3.05, 3.63) is 200 Å². The number of anilines is 2. The van der Waals surface area contributed by atoms with Crippen LogP contribution in [-0.2, 0) is 0 Å². The van der Waals surface area contributed by atoms with E-state index in [0.29, 0.717) is 73.0 Å².